The van der Waals surface area contributed by atoms with Crippen LogP contribution in [0.4, 0.5) is 0 Å². The van der Waals surface area contributed by atoms with Gasteiger partial charge in [0.1, 0.15) is 45.3 Å². The first-order valence-electron chi connectivity index (χ1n) is 13.2. The minimum Gasteiger partial charge on any atom is -0.507 e. The molecule has 4 aromatic rings. The average molecular weight is 646 g/mol. The Morgan fingerprint density at radius 1 is 0.617 bits per heavy atom. The molecule has 0 radical (unpaired) electrons. The Kier molecular flexibility index (Phi) is 13.4. The molecule has 0 aliphatic carbocycles. The number of benzene rings is 4. The largest absolute Gasteiger partial charge is 0.507 e. The van der Waals surface area contributed by atoms with Gasteiger partial charge in [-0.25, -0.2) is 19.2 Å². The molecule has 0 saturated heterocycles. The smallest absolute Gasteiger partial charge is 0.347 e. The fourth-order valence-corrected chi connectivity index (χ4v) is 3.29. The quantitative estimate of drug-likeness (QED) is 0.0687. The van der Waals surface area contributed by atoms with Crippen LogP contribution in [0.25, 0.3) is 0 Å². The van der Waals surface area contributed by atoms with Crippen LogP contribution in [-0.4, -0.2) is 75.2 Å². The number of rotatable bonds is 6. The number of hydrogen-bond donors (Lipinski definition) is 7. The van der Waals surface area contributed by atoms with Crippen molar-refractivity contribution in [3.63, 3.8) is 0 Å². The summed E-state index contributed by atoms with van der Waals surface area (Å²) in [5.41, 5.74) is 9.69. The molecular formula is C32H31N5O10. The number of phenols is 2. The number of nitrogens with one attached hydrogen (secondary N) is 1. The van der Waals surface area contributed by atoms with Gasteiger partial charge in [-0.15, -0.1) is 0 Å². The van der Waals surface area contributed by atoms with Crippen LogP contribution in [0.15, 0.2) is 102 Å². The van der Waals surface area contributed by atoms with Crippen molar-refractivity contribution in [3.8, 4) is 23.0 Å². The average Bonchev–Trinajstić information content (AvgIpc) is 3.02. The van der Waals surface area contributed by atoms with Crippen molar-refractivity contribution in [1.82, 2.24) is 4.90 Å². The number of esters is 2. The zero-order chi connectivity index (χ0) is 35.1. The van der Waals surface area contributed by atoms with E-state index in [-0.39, 0.29) is 57.2 Å². The summed E-state index contributed by atoms with van der Waals surface area (Å²) in [6.07, 6.45) is 0. The van der Waals surface area contributed by atoms with Crippen LogP contribution < -0.4 is 20.9 Å². The molecule has 9 N–H and O–H groups in total. The minimum atomic E-state index is -1.19. The molecule has 15 heteroatoms. The summed E-state index contributed by atoms with van der Waals surface area (Å²) in [6.45, 7) is 0. The summed E-state index contributed by atoms with van der Waals surface area (Å²) in [5, 5.41) is 44.0. The van der Waals surface area contributed by atoms with Crippen molar-refractivity contribution in [2.24, 2.45) is 16.5 Å². The maximum Gasteiger partial charge on any atom is 0.347 e. The molecule has 0 aliphatic rings. The third kappa shape index (κ3) is 11.3. The Labute approximate surface area is 268 Å². The molecule has 0 spiro atoms. The number of guanidine groups is 2. The lowest BCUT2D eigenvalue weighted by atomic mass is 10.2. The number of carboxylic acids is 2. The number of hydrogen-bond acceptors (Lipinski definition) is 9. The molecule has 0 aliphatic heterocycles. The van der Waals surface area contributed by atoms with Crippen LogP contribution in [0, 0.1) is 5.41 Å². The van der Waals surface area contributed by atoms with E-state index >= 15 is 0 Å². The molecule has 0 atom stereocenters. The molecule has 47 heavy (non-hydrogen) atoms. The van der Waals surface area contributed by atoms with Gasteiger partial charge < -0.3 is 46.3 Å². The van der Waals surface area contributed by atoms with Crippen LogP contribution in [0.2, 0.25) is 0 Å². The van der Waals surface area contributed by atoms with Gasteiger partial charge in [0.2, 0.25) is 5.96 Å². The fourth-order valence-electron chi connectivity index (χ4n) is 3.29. The first-order valence-corrected chi connectivity index (χ1v) is 13.2. The maximum atomic E-state index is 11.8. The van der Waals surface area contributed by atoms with Gasteiger partial charge in [0.05, 0.1) is 0 Å². The van der Waals surface area contributed by atoms with Gasteiger partial charge in [-0.05, 0) is 48.5 Å². The van der Waals surface area contributed by atoms with Gasteiger partial charge in [-0.3, -0.25) is 5.41 Å². The molecule has 4 aromatic carbocycles. The molecule has 15 nitrogen and oxygen atoms in total. The molecule has 0 saturated carbocycles. The summed E-state index contributed by atoms with van der Waals surface area (Å²) < 4.78 is 9.99. The van der Waals surface area contributed by atoms with Crippen LogP contribution in [0.1, 0.15) is 41.4 Å². The molecule has 4 rings (SSSR count). The van der Waals surface area contributed by atoms with Gasteiger partial charge in [-0.2, -0.15) is 4.99 Å². The van der Waals surface area contributed by atoms with Gasteiger partial charge >= 0.3 is 23.9 Å². The molecule has 0 amide bonds. The van der Waals surface area contributed by atoms with Crippen molar-refractivity contribution in [2.45, 2.75) is 0 Å². The van der Waals surface area contributed by atoms with E-state index in [0.29, 0.717) is 0 Å². The number of phenolic OH excluding ortho intramolecular Hbond substituents is 2. The van der Waals surface area contributed by atoms with Gasteiger partial charge in [-0.1, -0.05) is 48.5 Å². The number of para-hydroxylation sites is 4. The number of nitrogens with two attached hydrogens (primary N) is 2. The van der Waals surface area contributed by atoms with E-state index in [1.54, 1.807) is 50.5 Å². The third-order valence-electron chi connectivity index (χ3n) is 5.55. The van der Waals surface area contributed by atoms with E-state index in [1.165, 1.54) is 65.6 Å². The van der Waals surface area contributed by atoms with Gasteiger partial charge in [0.15, 0.2) is 5.96 Å². The van der Waals surface area contributed by atoms with Crippen LogP contribution >= 0.6 is 0 Å². The van der Waals surface area contributed by atoms with Crippen LogP contribution in [0.5, 0.6) is 23.0 Å². The number of nitrogens with zero attached hydrogens (tertiary/aromatic N) is 2. The van der Waals surface area contributed by atoms with Crippen molar-refractivity contribution < 1.29 is 49.1 Å². The summed E-state index contributed by atoms with van der Waals surface area (Å²) >= 11 is 0. The van der Waals surface area contributed by atoms with Crippen molar-refractivity contribution >= 4 is 35.8 Å². The standard InChI is InChI=1S/2C14H10O5.C4H11N5/c2*15-11-7-3-1-5-9(11)14(18)19-12-8-4-2-6-10(12)13(16)17;1-9(2)4(7)8-3(5)6/h2*1-8,15H,(H,16,17);1-2H3,(H5,5,6,7,8). The molecule has 0 fully saturated rings. The second kappa shape index (κ2) is 17.4. The number of aromatic hydroxyl groups is 2. The van der Waals surface area contributed by atoms with E-state index in [1.807, 2.05) is 0 Å². The highest BCUT2D eigenvalue weighted by Crippen LogP contribution is 2.23. The number of aromatic carboxylic acids is 2. The first-order chi connectivity index (χ1) is 22.2. The maximum absolute atomic E-state index is 11.8. The second-order valence-corrected chi connectivity index (χ2v) is 9.17. The molecule has 244 valence electrons. The Hall–Kier alpha value is -6.90. The van der Waals surface area contributed by atoms with Crippen molar-refractivity contribution in [1.29, 1.82) is 5.41 Å². The molecule has 0 bridgehead atoms. The Bertz CT molecular complexity index is 1670. The van der Waals surface area contributed by atoms with E-state index in [4.69, 9.17) is 36.6 Å². The number of aliphatic imine (C=N–C) groups is 1. The van der Waals surface area contributed by atoms with Crippen molar-refractivity contribution in [3.05, 3.63) is 119 Å². The molecule has 0 heterocycles. The fraction of sp³-hybridized carbons (Fsp3) is 0.0625. The SMILES string of the molecule is CN(C)C(=N)N=C(N)N.O=C(Oc1ccccc1C(=O)O)c1ccccc1O.O=C(Oc1ccccc1C(=O)O)c1ccccc1O. The lowest BCUT2D eigenvalue weighted by Gasteiger charge is -2.07. The van der Waals surface area contributed by atoms with Crippen LogP contribution in [-0.2, 0) is 0 Å². The minimum absolute atomic E-state index is 0.0253. The summed E-state index contributed by atoms with van der Waals surface area (Å²) in [4.78, 5) is 50.6. The highest BCUT2D eigenvalue weighted by molar-refractivity contribution is 5.98. The van der Waals surface area contributed by atoms with E-state index in [9.17, 15) is 29.4 Å². The second-order valence-electron chi connectivity index (χ2n) is 9.17. The summed E-state index contributed by atoms with van der Waals surface area (Å²) in [5.74, 6) is -4.63. The highest BCUT2D eigenvalue weighted by atomic mass is 16.5. The lowest BCUT2D eigenvalue weighted by Crippen LogP contribution is -2.28. The lowest BCUT2D eigenvalue weighted by molar-refractivity contribution is 0.0661. The van der Waals surface area contributed by atoms with Gasteiger partial charge in [0.25, 0.3) is 0 Å². The Morgan fingerprint density at radius 2 is 0.936 bits per heavy atom. The summed E-state index contributed by atoms with van der Waals surface area (Å²) in [6, 6.07) is 23.3. The summed E-state index contributed by atoms with van der Waals surface area (Å²) in [7, 11) is 3.38. The zero-order valence-electron chi connectivity index (χ0n) is 25.0. The van der Waals surface area contributed by atoms with E-state index in [0.717, 1.165) is 0 Å². The topological polar surface area (TPSA) is 259 Å². The number of carbonyl (C=O) groups excluding carboxylic acids is 2. The number of ether oxygens (including phenoxy) is 2. The number of carboxylic acid groups (broad SMARTS) is 2. The third-order valence-corrected chi connectivity index (χ3v) is 5.55. The monoisotopic (exact) mass is 645 g/mol. The number of carbonyl (C=O) groups is 4. The molecule has 0 unspecified atom stereocenters. The molecule has 0 aromatic heterocycles. The Balaban J connectivity index is 0.000000262. The predicted molar refractivity (Wildman–Crippen MR) is 170 cm³/mol. The highest BCUT2D eigenvalue weighted by Gasteiger charge is 2.18. The predicted octanol–water partition coefficient (Wildman–Crippen LogP) is 3.38. The first kappa shape index (κ1) is 36.3. The zero-order valence-corrected chi connectivity index (χ0v) is 25.0. The van der Waals surface area contributed by atoms with E-state index < -0.39 is 23.9 Å². The van der Waals surface area contributed by atoms with Crippen LogP contribution in [0.3, 0.4) is 0 Å². The Morgan fingerprint density at radius 3 is 1.21 bits per heavy atom. The van der Waals surface area contributed by atoms with Crippen molar-refractivity contribution in [2.75, 3.05) is 14.1 Å². The van der Waals surface area contributed by atoms with Gasteiger partial charge in [0, 0.05) is 14.1 Å². The molecular weight excluding hydrogens is 614 g/mol. The normalized spacial score (nSPS) is 9.57. The van der Waals surface area contributed by atoms with E-state index in [2.05, 4.69) is 4.99 Å².